The predicted molar refractivity (Wildman–Crippen MR) is 104 cm³/mol. The maximum absolute atomic E-state index is 10.3. The van der Waals surface area contributed by atoms with Crippen LogP contribution in [0.3, 0.4) is 0 Å². The van der Waals surface area contributed by atoms with Gasteiger partial charge in [-0.15, -0.1) is 0 Å². The molecule has 2 rings (SSSR count). The lowest BCUT2D eigenvalue weighted by Gasteiger charge is -2.15. The number of ether oxygens (including phenoxy) is 1. The first kappa shape index (κ1) is 20.1. The van der Waals surface area contributed by atoms with Crippen LogP contribution >= 0.6 is 0 Å². The van der Waals surface area contributed by atoms with E-state index in [0.717, 1.165) is 43.2 Å². The molecule has 3 heteroatoms. The largest absolute Gasteiger partial charge is 0.504 e. The summed E-state index contributed by atoms with van der Waals surface area (Å²) in [5.74, 6) is 0.953. The van der Waals surface area contributed by atoms with Crippen LogP contribution in [0.4, 0.5) is 0 Å². The van der Waals surface area contributed by atoms with Crippen LogP contribution in [0.25, 0.3) is 0 Å². The van der Waals surface area contributed by atoms with Crippen molar-refractivity contribution in [3.63, 3.8) is 0 Å². The number of phenolic OH excluding ortho intramolecular Hbond substituents is 1. The van der Waals surface area contributed by atoms with E-state index in [4.69, 9.17) is 4.74 Å². The minimum atomic E-state index is -0.265. The number of benzene rings is 1. The van der Waals surface area contributed by atoms with Gasteiger partial charge in [-0.3, -0.25) is 0 Å². The third-order valence-corrected chi connectivity index (χ3v) is 5.69. The molecule has 0 aliphatic heterocycles. The molecule has 0 amide bonds. The zero-order valence-electron chi connectivity index (χ0n) is 16.4. The molecule has 0 saturated heterocycles. The SMILES string of the molecule is CCc1cc(CCCCCCCCCC2(O)CC2)c(C)c(O)c1OC. The molecule has 0 heterocycles. The summed E-state index contributed by atoms with van der Waals surface area (Å²) in [6.45, 7) is 4.08. The third-order valence-electron chi connectivity index (χ3n) is 5.69. The van der Waals surface area contributed by atoms with Gasteiger partial charge in [0.05, 0.1) is 12.7 Å². The Morgan fingerprint density at radius 3 is 2.16 bits per heavy atom. The van der Waals surface area contributed by atoms with Gasteiger partial charge in [-0.1, -0.05) is 51.5 Å². The number of aryl methyl sites for hydroxylation is 2. The molecular formula is C22H36O3. The quantitative estimate of drug-likeness (QED) is 0.493. The molecule has 0 atom stereocenters. The van der Waals surface area contributed by atoms with E-state index in [9.17, 15) is 10.2 Å². The highest BCUT2D eigenvalue weighted by Crippen LogP contribution is 2.40. The number of aromatic hydroxyl groups is 1. The van der Waals surface area contributed by atoms with Gasteiger partial charge in [-0.2, -0.15) is 0 Å². The van der Waals surface area contributed by atoms with Gasteiger partial charge < -0.3 is 14.9 Å². The molecule has 142 valence electrons. The van der Waals surface area contributed by atoms with E-state index in [2.05, 4.69) is 13.0 Å². The average molecular weight is 349 g/mol. The first-order valence-electron chi connectivity index (χ1n) is 10.1. The van der Waals surface area contributed by atoms with E-state index in [1.54, 1.807) is 7.11 Å². The van der Waals surface area contributed by atoms with E-state index in [1.807, 2.05) is 6.92 Å². The summed E-state index contributed by atoms with van der Waals surface area (Å²) in [5.41, 5.74) is 3.05. The van der Waals surface area contributed by atoms with Crippen molar-refractivity contribution in [1.29, 1.82) is 0 Å². The van der Waals surface area contributed by atoms with Gasteiger partial charge in [0.15, 0.2) is 11.5 Å². The second-order valence-electron chi connectivity index (χ2n) is 7.75. The second-order valence-corrected chi connectivity index (χ2v) is 7.75. The molecule has 0 aromatic heterocycles. The van der Waals surface area contributed by atoms with Crippen LogP contribution in [0.2, 0.25) is 0 Å². The zero-order chi connectivity index (χ0) is 18.3. The Morgan fingerprint density at radius 2 is 1.60 bits per heavy atom. The zero-order valence-corrected chi connectivity index (χ0v) is 16.4. The first-order chi connectivity index (χ1) is 12.0. The highest BCUT2D eigenvalue weighted by Gasteiger charge is 2.39. The van der Waals surface area contributed by atoms with Crippen LogP contribution in [0.5, 0.6) is 11.5 Å². The fraction of sp³-hybridized carbons (Fsp3) is 0.727. The topological polar surface area (TPSA) is 49.7 Å². The lowest BCUT2D eigenvalue weighted by molar-refractivity contribution is 0.136. The number of methoxy groups -OCH3 is 1. The van der Waals surface area contributed by atoms with Crippen molar-refractivity contribution in [3.05, 3.63) is 22.8 Å². The summed E-state index contributed by atoms with van der Waals surface area (Å²) in [7, 11) is 1.62. The van der Waals surface area contributed by atoms with E-state index in [-0.39, 0.29) is 5.60 Å². The Kier molecular flexibility index (Phi) is 7.61. The average Bonchev–Trinajstić information content (AvgIpc) is 3.34. The van der Waals surface area contributed by atoms with E-state index < -0.39 is 0 Å². The molecular weight excluding hydrogens is 312 g/mol. The van der Waals surface area contributed by atoms with Crippen molar-refractivity contribution in [2.45, 2.75) is 96.5 Å². The molecule has 3 nitrogen and oxygen atoms in total. The fourth-order valence-corrected chi connectivity index (χ4v) is 3.66. The first-order valence-corrected chi connectivity index (χ1v) is 10.1. The Balaban J connectivity index is 1.63. The van der Waals surface area contributed by atoms with Gasteiger partial charge in [0.2, 0.25) is 0 Å². The number of hydrogen-bond acceptors (Lipinski definition) is 3. The van der Waals surface area contributed by atoms with Gasteiger partial charge in [-0.25, -0.2) is 0 Å². The summed E-state index contributed by atoms with van der Waals surface area (Å²) in [6, 6.07) is 2.20. The number of hydrogen-bond donors (Lipinski definition) is 2. The summed E-state index contributed by atoms with van der Waals surface area (Å²) < 4.78 is 5.35. The van der Waals surface area contributed by atoms with Crippen molar-refractivity contribution in [3.8, 4) is 11.5 Å². The maximum Gasteiger partial charge on any atom is 0.163 e. The van der Waals surface area contributed by atoms with E-state index in [1.165, 1.54) is 50.5 Å². The van der Waals surface area contributed by atoms with Gasteiger partial charge in [-0.05, 0) is 62.1 Å². The molecule has 2 N–H and O–H groups in total. The normalized spacial score (nSPS) is 15.4. The van der Waals surface area contributed by atoms with Crippen molar-refractivity contribution in [2.75, 3.05) is 7.11 Å². The van der Waals surface area contributed by atoms with E-state index in [0.29, 0.717) is 11.5 Å². The molecule has 1 saturated carbocycles. The van der Waals surface area contributed by atoms with Crippen LogP contribution < -0.4 is 4.74 Å². The molecule has 25 heavy (non-hydrogen) atoms. The number of unbranched alkanes of at least 4 members (excludes halogenated alkanes) is 6. The Labute approximate surface area is 153 Å². The van der Waals surface area contributed by atoms with Crippen molar-refractivity contribution >= 4 is 0 Å². The molecule has 0 unspecified atom stereocenters. The predicted octanol–water partition coefficient (Wildman–Crippen LogP) is 5.46. The highest BCUT2D eigenvalue weighted by atomic mass is 16.5. The Morgan fingerprint density at radius 1 is 1.00 bits per heavy atom. The van der Waals surface area contributed by atoms with Crippen LogP contribution in [0.15, 0.2) is 6.07 Å². The number of aliphatic hydroxyl groups is 1. The molecule has 0 spiro atoms. The molecule has 1 aromatic rings. The number of rotatable bonds is 12. The Hall–Kier alpha value is -1.22. The summed E-state index contributed by atoms with van der Waals surface area (Å²) >= 11 is 0. The van der Waals surface area contributed by atoms with Crippen molar-refractivity contribution in [1.82, 2.24) is 0 Å². The van der Waals surface area contributed by atoms with Crippen LogP contribution in [-0.4, -0.2) is 22.9 Å². The highest BCUT2D eigenvalue weighted by molar-refractivity contribution is 5.54. The molecule has 0 bridgehead atoms. The number of phenols is 1. The van der Waals surface area contributed by atoms with Crippen LogP contribution in [0, 0.1) is 6.92 Å². The van der Waals surface area contributed by atoms with Gasteiger partial charge in [0, 0.05) is 0 Å². The summed E-state index contributed by atoms with van der Waals surface area (Å²) in [6.07, 6.45) is 13.7. The van der Waals surface area contributed by atoms with Gasteiger partial charge in [0.25, 0.3) is 0 Å². The molecule has 1 aliphatic rings. The van der Waals surface area contributed by atoms with Crippen LogP contribution in [0.1, 0.15) is 87.8 Å². The van der Waals surface area contributed by atoms with E-state index >= 15 is 0 Å². The minimum absolute atomic E-state index is 0.265. The molecule has 1 aromatic carbocycles. The standard InChI is InChI=1S/C22H36O3/c1-4-18-16-19(17(2)20(23)21(18)25-3)12-10-8-6-5-7-9-11-13-22(24)14-15-22/h16,23-24H,4-15H2,1-3H3. The second kappa shape index (κ2) is 9.47. The summed E-state index contributed by atoms with van der Waals surface area (Å²) in [4.78, 5) is 0. The smallest absolute Gasteiger partial charge is 0.163 e. The monoisotopic (exact) mass is 348 g/mol. The van der Waals surface area contributed by atoms with Gasteiger partial charge in [0.1, 0.15) is 0 Å². The van der Waals surface area contributed by atoms with Crippen LogP contribution in [-0.2, 0) is 12.8 Å². The lowest BCUT2D eigenvalue weighted by atomic mass is 9.96. The molecule has 0 radical (unpaired) electrons. The maximum atomic E-state index is 10.3. The summed E-state index contributed by atoms with van der Waals surface area (Å²) in [5, 5.41) is 20.1. The lowest BCUT2D eigenvalue weighted by Crippen LogP contribution is -2.05. The van der Waals surface area contributed by atoms with Crippen molar-refractivity contribution in [2.24, 2.45) is 0 Å². The van der Waals surface area contributed by atoms with Gasteiger partial charge >= 0.3 is 0 Å². The molecule has 1 aliphatic carbocycles. The third kappa shape index (κ3) is 5.91. The molecule has 1 fully saturated rings. The van der Waals surface area contributed by atoms with Crippen molar-refractivity contribution < 1.29 is 14.9 Å². The fourth-order valence-electron chi connectivity index (χ4n) is 3.66. The minimum Gasteiger partial charge on any atom is -0.504 e. The Bertz CT molecular complexity index is 547.